The molecule has 1 fully saturated rings. The largest absolute Gasteiger partial charge is 0.376 e. The van der Waals surface area contributed by atoms with Crippen molar-refractivity contribution in [2.75, 3.05) is 11.9 Å². The maximum absolute atomic E-state index is 9.28. The molecule has 0 saturated carbocycles. The minimum Gasteiger partial charge on any atom is -0.376 e. The minimum absolute atomic E-state index is 0.0842. The molecule has 5 heteroatoms. The molecule has 1 N–H and O–H groups in total. The molecule has 2 unspecified atom stereocenters. The smallest absolute Gasteiger partial charge is 0.186 e. The maximum atomic E-state index is 9.28. The van der Waals surface area contributed by atoms with Crippen molar-refractivity contribution in [3.8, 4) is 6.07 Å². The molecule has 0 aliphatic carbocycles. The number of nitriles is 1. The standard InChI is InChI=1S/C15H16N4O/c1-10-15(2,7-8-20-10)17-14-11-5-3-4-6-12(11)18-19-13(14)9-16/h3-6,10H,7-8H2,1-2H3,(H,17,18). The Morgan fingerprint density at radius 1 is 1.40 bits per heavy atom. The summed E-state index contributed by atoms with van der Waals surface area (Å²) >= 11 is 0. The Bertz CT molecular complexity index is 694. The van der Waals surface area contributed by atoms with Crippen LogP contribution in [0.5, 0.6) is 0 Å². The lowest BCUT2D eigenvalue weighted by Crippen LogP contribution is -2.41. The Kier molecular flexibility index (Phi) is 3.03. The summed E-state index contributed by atoms with van der Waals surface area (Å²) in [5.74, 6) is 0. The summed E-state index contributed by atoms with van der Waals surface area (Å²) in [5, 5.41) is 21.8. The van der Waals surface area contributed by atoms with Gasteiger partial charge in [0.15, 0.2) is 5.69 Å². The third-order valence-corrected chi connectivity index (χ3v) is 4.07. The summed E-state index contributed by atoms with van der Waals surface area (Å²) in [6, 6.07) is 9.82. The lowest BCUT2D eigenvalue weighted by atomic mass is 9.93. The Morgan fingerprint density at radius 3 is 2.90 bits per heavy atom. The molecule has 1 aliphatic rings. The molecule has 3 rings (SSSR count). The van der Waals surface area contributed by atoms with E-state index in [4.69, 9.17) is 4.74 Å². The molecule has 0 amide bonds. The number of anilines is 1. The minimum atomic E-state index is -0.197. The number of hydrogen-bond acceptors (Lipinski definition) is 5. The first-order valence-corrected chi connectivity index (χ1v) is 6.69. The molecule has 5 nitrogen and oxygen atoms in total. The average molecular weight is 268 g/mol. The fourth-order valence-electron chi connectivity index (χ4n) is 2.54. The number of benzene rings is 1. The zero-order valence-electron chi connectivity index (χ0n) is 11.6. The van der Waals surface area contributed by atoms with Gasteiger partial charge in [-0.1, -0.05) is 18.2 Å². The average Bonchev–Trinajstić information content (AvgIpc) is 2.79. The van der Waals surface area contributed by atoms with Crippen molar-refractivity contribution in [3.63, 3.8) is 0 Å². The summed E-state index contributed by atoms with van der Waals surface area (Å²) in [6.45, 7) is 4.88. The van der Waals surface area contributed by atoms with Gasteiger partial charge in [-0.25, -0.2) is 0 Å². The Balaban J connectivity index is 2.12. The van der Waals surface area contributed by atoms with E-state index in [2.05, 4.69) is 28.5 Å². The van der Waals surface area contributed by atoms with E-state index in [9.17, 15) is 5.26 Å². The van der Waals surface area contributed by atoms with Crippen molar-refractivity contribution in [1.82, 2.24) is 10.2 Å². The molecule has 1 saturated heterocycles. The second kappa shape index (κ2) is 4.73. The van der Waals surface area contributed by atoms with E-state index in [1.54, 1.807) is 0 Å². The molecule has 1 aliphatic heterocycles. The lowest BCUT2D eigenvalue weighted by Gasteiger charge is -2.30. The van der Waals surface area contributed by atoms with Crippen molar-refractivity contribution in [2.24, 2.45) is 0 Å². The fourth-order valence-corrected chi connectivity index (χ4v) is 2.54. The second-order valence-electron chi connectivity index (χ2n) is 5.36. The van der Waals surface area contributed by atoms with Crippen LogP contribution >= 0.6 is 0 Å². The van der Waals surface area contributed by atoms with Gasteiger partial charge in [0.05, 0.1) is 22.8 Å². The fraction of sp³-hybridized carbons (Fsp3) is 0.400. The van der Waals surface area contributed by atoms with E-state index in [0.29, 0.717) is 5.69 Å². The van der Waals surface area contributed by atoms with Gasteiger partial charge in [-0.15, -0.1) is 10.2 Å². The van der Waals surface area contributed by atoms with Gasteiger partial charge < -0.3 is 10.1 Å². The number of fused-ring (bicyclic) bond motifs is 1. The first-order chi connectivity index (χ1) is 9.64. The maximum Gasteiger partial charge on any atom is 0.186 e. The first-order valence-electron chi connectivity index (χ1n) is 6.69. The van der Waals surface area contributed by atoms with Crippen LogP contribution in [0.2, 0.25) is 0 Å². The molecule has 102 valence electrons. The summed E-state index contributed by atoms with van der Waals surface area (Å²) in [7, 11) is 0. The van der Waals surface area contributed by atoms with Gasteiger partial charge in [0, 0.05) is 12.0 Å². The van der Waals surface area contributed by atoms with Crippen molar-refractivity contribution >= 4 is 16.6 Å². The van der Waals surface area contributed by atoms with Crippen LogP contribution in [0.25, 0.3) is 10.9 Å². The zero-order chi connectivity index (χ0) is 14.2. The summed E-state index contributed by atoms with van der Waals surface area (Å²) < 4.78 is 5.64. The van der Waals surface area contributed by atoms with Crippen LogP contribution in [0.1, 0.15) is 26.0 Å². The quantitative estimate of drug-likeness (QED) is 0.906. The number of ether oxygens (including phenoxy) is 1. The van der Waals surface area contributed by atoms with Gasteiger partial charge >= 0.3 is 0 Å². The van der Waals surface area contributed by atoms with Crippen LogP contribution in [-0.4, -0.2) is 28.4 Å². The molecule has 1 aromatic heterocycles. The molecule has 0 spiro atoms. The molecule has 2 atom stereocenters. The van der Waals surface area contributed by atoms with Gasteiger partial charge in [-0.3, -0.25) is 0 Å². The predicted octanol–water partition coefficient (Wildman–Crippen LogP) is 2.48. The highest BCUT2D eigenvalue weighted by atomic mass is 16.5. The third kappa shape index (κ3) is 1.98. The predicted molar refractivity (Wildman–Crippen MR) is 76.3 cm³/mol. The molecular formula is C15H16N4O. The topological polar surface area (TPSA) is 70.8 Å². The Morgan fingerprint density at radius 2 is 2.20 bits per heavy atom. The van der Waals surface area contributed by atoms with E-state index >= 15 is 0 Å². The van der Waals surface area contributed by atoms with Crippen molar-refractivity contribution < 1.29 is 4.74 Å². The summed E-state index contributed by atoms with van der Waals surface area (Å²) in [5.41, 5.74) is 1.66. The van der Waals surface area contributed by atoms with E-state index in [0.717, 1.165) is 29.6 Å². The van der Waals surface area contributed by atoms with Crippen LogP contribution in [0.4, 0.5) is 5.69 Å². The molecule has 2 heterocycles. The molecule has 1 aromatic carbocycles. The Labute approximate surface area is 117 Å². The van der Waals surface area contributed by atoms with Crippen molar-refractivity contribution in [2.45, 2.75) is 31.9 Å². The molecule has 0 bridgehead atoms. The monoisotopic (exact) mass is 268 g/mol. The molecule has 20 heavy (non-hydrogen) atoms. The van der Waals surface area contributed by atoms with Gasteiger partial charge in [0.2, 0.25) is 0 Å². The van der Waals surface area contributed by atoms with Crippen molar-refractivity contribution in [1.29, 1.82) is 5.26 Å². The van der Waals surface area contributed by atoms with Gasteiger partial charge in [0.25, 0.3) is 0 Å². The SMILES string of the molecule is CC1OCCC1(C)Nc1c(C#N)nnc2ccccc12. The van der Waals surface area contributed by atoms with E-state index in [1.165, 1.54) is 0 Å². The van der Waals surface area contributed by atoms with Crippen LogP contribution in [-0.2, 0) is 4.74 Å². The van der Waals surface area contributed by atoms with E-state index in [-0.39, 0.29) is 11.6 Å². The second-order valence-corrected chi connectivity index (χ2v) is 5.36. The molecular weight excluding hydrogens is 252 g/mol. The summed E-state index contributed by atoms with van der Waals surface area (Å²) in [4.78, 5) is 0. The van der Waals surface area contributed by atoms with Crippen LogP contribution in [0, 0.1) is 11.3 Å². The van der Waals surface area contributed by atoms with Gasteiger partial charge in [-0.05, 0) is 26.3 Å². The third-order valence-electron chi connectivity index (χ3n) is 4.07. The van der Waals surface area contributed by atoms with Crippen molar-refractivity contribution in [3.05, 3.63) is 30.0 Å². The normalized spacial score (nSPS) is 25.6. The number of aromatic nitrogens is 2. The summed E-state index contributed by atoms with van der Waals surface area (Å²) in [6.07, 6.45) is 0.983. The highest BCUT2D eigenvalue weighted by molar-refractivity contribution is 5.93. The van der Waals surface area contributed by atoms with Gasteiger partial charge in [0.1, 0.15) is 6.07 Å². The zero-order valence-corrected chi connectivity index (χ0v) is 11.6. The number of nitrogens with zero attached hydrogens (tertiary/aromatic N) is 3. The lowest BCUT2D eigenvalue weighted by molar-refractivity contribution is 0.105. The van der Waals surface area contributed by atoms with Crippen LogP contribution in [0.3, 0.4) is 0 Å². The molecule has 0 radical (unpaired) electrons. The van der Waals surface area contributed by atoms with Crippen LogP contribution < -0.4 is 5.32 Å². The van der Waals surface area contributed by atoms with E-state index in [1.807, 2.05) is 31.2 Å². The number of nitrogens with one attached hydrogen (secondary N) is 1. The Hall–Kier alpha value is -2.19. The molecule has 2 aromatic rings. The van der Waals surface area contributed by atoms with Gasteiger partial charge in [-0.2, -0.15) is 5.26 Å². The van der Waals surface area contributed by atoms with E-state index < -0.39 is 0 Å². The number of hydrogen-bond donors (Lipinski definition) is 1. The first kappa shape index (κ1) is 12.8. The highest BCUT2D eigenvalue weighted by Crippen LogP contribution is 2.33. The number of rotatable bonds is 2. The highest BCUT2D eigenvalue weighted by Gasteiger charge is 2.37. The van der Waals surface area contributed by atoms with Crippen LogP contribution in [0.15, 0.2) is 24.3 Å².